The molecule has 0 spiro atoms. The SMILES string of the molecule is Cc1nc(-c2c[nH]c(C(=O)NC(CC3CC3)C(=O)O)c2)cs1. The summed E-state index contributed by atoms with van der Waals surface area (Å²) in [6.45, 7) is 1.92. The second-order valence-corrected chi connectivity index (χ2v) is 6.66. The van der Waals surface area contributed by atoms with E-state index in [0.29, 0.717) is 18.0 Å². The minimum absolute atomic E-state index is 0.350. The van der Waals surface area contributed by atoms with Crippen LogP contribution in [-0.4, -0.2) is 33.0 Å². The van der Waals surface area contributed by atoms with E-state index in [0.717, 1.165) is 29.1 Å². The van der Waals surface area contributed by atoms with Crippen molar-refractivity contribution in [3.63, 3.8) is 0 Å². The Labute approximate surface area is 131 Å². The fourth-order valence-corrected chi connectivity index (χ4v) is 2.94. The number of aromatic amines is 1. The molecule has 7 heteroatoms. The van der Waals surface area contributed by atoms with Crippen molar-refractivity contribution in [2.75, 3.05) is 0 Å². The van der Waals surface area contributed by atoms with Crippen LogP contribution in [0.25, 0.3) is 11.3 Å². The quantitative estimate of drug-likeness (QED) is 0.762. The normalized spacial score (nSPS) is 15.5. The van der Waals surface area contributed by atoms with Gasteiger partial charge in [-0.1, -0.05) is 12.8 Å². The average Bonchev–Trinajstić information content (AvgIpc) is 2.98. The van der Waals surface area contributed by atoms with Crippen LogP contribution in [-0.2, 0) is 4.79 Å². The minimum Gasteiger partial charge on any atom is -0.480 e. The first-order valence-electron chi connectivity index (χ1n) is 7.17. The van der Waals surface area contributed by atoms with Crippen LogP contribution in [0.3, 0.4) is 0 Å². The van der Waals surface area contributed by atoms with Gasteiger partial charge in [0, 0.05) is 17.1 Å². The van der Waals surface area contributed by atoms with Crippen molar-refractivity contribution in [2.24, 2.45) is 5.92 Å². The van der Waals surface area contributed by atoms with E-state index >= 15 is 0 Å². The molecular formula is C15H17N3O3S. The van der Waals surface area contributed by atoms with Gasteiger partial charge < -0.3 is 15.4 Å². The minimum atomic E-state index is -0.984. The summed E-state index contributed by atoms with van der Waals surface area (Å²) in [5, 5.41) is 14.7. The number of carboxylic acid groups (broad SMARTS) is 1. The molecule has 0 saturated heterocycles. The summed E-state index contributed by atoms with van der Waals surface area (Å²) in [5.74, 6) is -0.952. The van der Waals surface area contributed by atoms with Crippen LogP contribution >= 0.6 is 11.3 Å². The van der Waals surface area contributed by atoms with Gasteiger partial charge in [-0.2, -0.15) is 0 Å². The van der Waals surface area contributed by atoms with Crippen molar-refractivity contribution in [3.8, 4) is 11.3 Å². The lowest BCUT2D eigenvalue weighted by atomic mass is 10.1. The number of nitrogens with zero attached hydrogens (tertiary/aromatic N) is 1. The molecule has 3 N–H and O–H groups in total. The van der Waals surface area contributed by atoms with Crippen molar-refractivity contribution >= 4 is 23.2 Å². The van der Waals surface area contributed by atoms with Gasteiger partial charge in [0.1, 0.15) is 11.7 Å². The molecule has 0 radical (unpaired) electrons. The van der Waals surface area contributed by atoms with Crippen LogP contribution in [0.4, 0.5) is 0 Å². The zero-order valence-electron chi connectivity index (χ0n) is 12.1. The molecule has 0 bridgehead atoms. The fourth-order valence-electron chi connectivity index (χ4n) is 2.31. The number of carbonyl (C=O) groups is 2. The molecule has 0 aromatic carbocycles. The van der Waals surface area contributed by atoms with E-state index in [4.69, 9.17) is 0 Å². The van der Waals surface area contributed by atoms with Gasteiger partial charge in [0.05, 0.1) is 10.7 Å². The predicted octanol–water partition coefficient (Wildman–Crippen LogP) is 2.43. The lowest BCUT2D eigenvalue weighted by Crippen LogP contribution is -2.41. The Morgan fingerprint density at radius 2 is 2.32 bits per heavy atom. The number of carbonyl (C=O) groups excluding carboxylic acids is 1. The molecule has 1 unspecified atom stereocenters. The summed E-state index contributed by atoms with van der Waals surface area (Å²) in [6.07, 6.45) is 4.31. The standard InChI is InChI=1S/C15H17N3O3S/c1-8-17-13(7-22-8)10-5-11(16-6-10)14(19)18-12(15(20)21)4-9-2-3-9/h5-7,9,12,16H,2-4H2,1H3,(H,18,19)(H,20,21). The summed E-state index contributed by atoms with van der Waals surface area (Å²) >= 11 is 1.54. The topological polar surface area (TPSA) is 95.1 Å². The lowest BCUT2D eigenvalue weighted by molar-refractivity contribution is -0.139. The second kappa shape index (κ2) is 5.92. The summed E-state index contributed by atoms with van der Waals surface area (Å²) in [6, 6.07) is 0.869. The number of carboxylic acids is 1. The molecular weight excluding hydrogens is 302 g/mol. The first kappa shape index (κ1) is 14.8. The Bertz CT molecular complexity index is 702. The molecule has 0 aliphatic heterocycles. The molecule has 1 atom stereocenters. The molecule has 6 nitrogen and oxygen atoms in total. The molecule has 1 amide bonds. The maximum atomic E-state index is 12.2. The number of aryl methyl sites for hydroxylation is 1. The molecule has 22 heavy (non-hydrogen) atoms. The Morgan fingerprint density at radius 1 is 1.55 bits per heavy atom. The van der Waals surface area contributed by atoms with E-state index in [-0.39, 0.29) is 0 Å². The highest BCUT2D eigenvalue weighted by Crippen LogP contribution is 2.33. The Balaban J connectivity index is 1.69. The van der Waals surface area contributed by atoms with E-state index in [2.05, 4.69) is 15.3 Å². The Kier molecular flexibility index (Phi) is 3.98. The van der Waals surface area contributed by atoms with E-state index in [1.165, 1.54) is 0 Å². The molecule has 1 aliphatic carbocycles. The number of rotatable bonds is 6. The number of nitrogens with one attached hydrogen (secondary N) is 2. The summed E-state index contributed by atoms with van der Waals surface area (Å²) in [7, 11) is 0. The van der Waals surface area contributed by atoms with Crippen LogP contribution in [0.2, 0.25) is 0 Å². The van der Waals surface area contributed by atoms with Crippen LogP contribution in [0.5, 0.6) is 0 Å². The second-order valence-electron chi connectivity index (χ2n) is 5.60. The Morgan fingerprint density at radius 3 is 2.91 bits per heavy atom. The molecule has 1 aliphatic rings. The average molecular weight is 319 g/mol. The third-order valence-electron chi connectivity index (χ3n) is 3.71. The molecule has 116 valence electrons. The first-order valence-corrected chi connectivity index (χ1v) is 8.05. The lowest BCUT2D eigenvalue weighted by Gasteiger charge is -2.13. The van der Waals surface area contributed by atoms with Crippen LogP contribution < -0.4 is 5.32 Å². The van der Waals surface area contributed by atoms with Crippen LogP contribution in [0, 0.1) is 12.8 Å². The van der Waals surface area contributed by atoms with Crippen molar-refractivity contribution in [3.05, 3.63) is 28.3 Å². The van der Waals surface area contributed by atoms with E-state index in [9.17, 15) is 14.7 Å². The van der Waals surface area contributed by atoms with Crippen molar-refractivity contribution in [1.82, 2.24) is 15.3 Å². The van der Waals surface area contributed by atoms with Crippen molar-refractivity contribution in [2.45, 2.75) is 32.2 Å². The zero-order valence-corrected chi connectivity index (χ0v) is 12.9. The summed E-state index contributed by atoms with van der Waals surface area (Å²) in [5.41, 5.74) is 1.98. The predicted molar refractivity (Wildman–Crippen MR) is 82.9 cm³/mol. The molecule has 1 saturated carbocycles. The maximum absolute atomic E-state index is 12.2. The van der Waals surface area contributed by atoms with Crippen molar-refractivity contribution in [1.29, 1.82) is 0 Å². The van der Waals surface area contributed by atoms with Gasteiger partial charge in [-0.3, -0.25) is 4.79 Å². The maximum Gasteiger partial charge on any atom is 0.326 e. The van der Waals surface area contributed by atoms with Gasteiger partial charge >= 0.3 is 5.97 Å². The molecule has 3 rings (SSSR count). The number of hydrogen-bond donors (Lipinski definition) is 3. The number of thiazole rings is 1. The highest BCUT2D eigenvalue weighted by atomic mass is 32.1. The van der Waals surface area contributed by atoms with E-state index in [1.807, 2.05) is 12.3 Å². The van der Waals surface area contributed by atoms with Gasteiger partial charge in [0.25, 0.3) is 5.91 Å². The molecule has 2 aromatic heterocycles. The fraction of sp³-hybridized carbons (Fsp3) is 0.400. The highest BCUT2D eigenvalue weighted by molar-refractivity contribution is 7.09. The largest absolute Gasteiger partial charge is 0.480 e. The summed E-state index contributed by atoms with van der Waals surface area (Å²) in [4.78, 5) is 30.7. The molecule has 2 aromatic rings. The highest BCUT2D eigenvalue weighted by Gasteiger charge is 2.30. The van der Waals surface area contributed by atoms with Gasteiger partial charge in [-0.05, 0) is 25.3 Å². The summed E-state index contributed by atoms with van der Waals surface area (Å²) < 4.78 is 0. The molecule has 2 heterocycles. The van der Waals surface area contributed by atoms with E-state index in [1.54, 1.807) is 23.6 Å². The van der Waals surface area contributed by atoms with Gasteiger partial charge in [0.15, 0.2) is 0 Å². The third kappa shape index (κ3) is 3.36. The number of hydrogen-bond acceptors (Lipinski definition) is 4. The third-order valence-corrected chi connectivity index (χ3v) is 4.49. The molecule has 1 fully saturated rings. The smallest absolute Gasteiger partial charge is 0.326 e. The zero-order chi connectivity index (χ0) is 15.7. The number of aromatic nitrogens is 2. The number of amides is 1. The first-order chi connectivity index (χ1) is 10.5. The number of aliphatic carboxylic acids is 1. The van der Waals surface area contributed by atoms with Crippen molar-refractivity contribution < 1.29 is 14.7 Å². The van der Waals surface area contributed by atoms with E-state index < -0.39 is 17.9 Å². The Hall–Kier alpha value is -2.15. The van der Waals surface area contributed by atoms with Gasteiger partial charge in [-0.15, -0.1) is 11.3 Å². The van der Waals surface area contributed by atoms with Crippen LogP contribution in [0.15, 0.2) is 17.6 Å². The number of H-pyrrole nitrogens is 1. The van der Waals surface area contributed by atoms with Crippen LogP contribution in [0.1, 0.15) is 34.8 Å². The van der Waals surface area contributed by atoms with Gasteiger partial charge in [0.2, 0.25) is 0 Å². The monoisotopic (exact) mass is 319 g/mol. The van der Waals surface area contributed by atoms with Gasteiger partial charge in [-0.25, -0.2) is 9.78 Å².